The predicted octanol–water partition coefficient (Wildman–Crippen LogP) is 15.5. The Balaban J connectivity index is 1.30. The van der Waals surface area contributed by atoms with E-state index in [1.807, 2.05) is 6.07 Å². The maximum absolute atomic E-state index is 6.29. The summed E-state index contributed by atoms with van der Waals surface area (Å²) in [5.41, 5.74) is 11.7. The third-order valence-electron chi connectivity index (χ3n) is 11.8. The molecular weight excluding hydrogens is 665 g/mol. The van der Waals surface area contributed by atoms with Crippen molar-refractivity contribution in [2.24, 2.45) is 0 Å². The first-order chi connectivity index (χ1) is 27.3. The molecule has 1 nitrogen and oxygen atoms in total. The highest BCUT2D eigenvalue weighted by Crippen LogP contribution is 2.54. The molecule has 0 N–H and O–H groups in total. The second-order valence-corrected chi connectivity index (χ2v) is 14.7. The van der Waals surface area contributed by atoms with E-state index in [0.29, 0.717) is 0 Å². The van der Waals surface area contributed by atoms with Crippen LogP contribution >= 0.6 is 0 Å². The molecular formula is C54H32O. The van der Waals surface area contributed by atoms with Crippen LogP contribution in [0.1, 0.15) is 0 Å². The van der Waals surface area contributed by atoms with Gasteiger partial charge in [0.2, 0.25) is 0 Å². The van der Waals surface area contributed by atoms with Gasteiger partial charge in [0.1, 0.15) is 11.2 Å². The van der Waals surface area contributed by atoms with Gasteiger partial charge in [-0.2, -0.15) is 0 Å². The van der Waals surface area contributed by atoms with Crippen LogP contribution in [0.5, 0.6) is 0 Å². The van der Waals surface area contributed by atoms with Crippen LogP contribution < -0.4 is 0 Å². The Kier molecular flexibility index (Phi) is 6.40. The summed E-state index contributed by atoms with van der Waals surface area (Å²) in [6, 6.07) is 71.3. The van der Waals surface area contributed by atoms with Gasteiger partial charge in [-0.25, -0.2) is 0 Å². The summed E-state index contributed by atoms with van der Waals surface area (Å²) >= 11 is 0. The van der Waals surface area contributed by atoms with Gasteiger partial charge in [0.25, 0.3) is 0 Å². The lowest BCUT2D eigenvalue weighted by atomic mass is 9.76. The highest BCUT2D eigenvalue weighted by molar-refractivity contribution is 6.34. The van der Waals surface area contributed by atoms with E-state index >= 15 is 0 Å². The number of rotatable bonds is 4. The molecule has 0 atom stereocenters. The summed E-state index contributed by atoms with van der Waals surface area (Å²) in [4.78, 5) is 0. The van der Waals surface area contributed by atoms with Crippen molar-refractivity contribution < 1.29 is 4.42 Å². The lowest BCUT2D eigenvalue weighted by Gasteiger charge is -2.26. The molecule has 1 heteroatoms. The Bertz CT molecular complexity index is 3300. The summed E-state index contributed by atoms with van der Waals surface area (Å²) in [6.07, 6.45) is 0. The van der Waals surface area contributed by atoms with E-state index in [-0.39, 0.29) is 0 Å². The van der Waals surface area contributed by atoms with Crippen LogP contribution in [0.25, 0.3) is 120 Å². The quantitative estimate of drug-likeness (QED) is 0.132. The highest BCUT2D eigenvalue weighted by atomic mass is 16.3. The van der Waals surface area contributed by atoms with Gasteiger partial charge in [-0.1, -0.05) is 176 Å². The second kappa shape index (κ2) is 11.6. The van der Waals surface area contributed by atoms with Crippen molar-refractivity contribution >= 4 is 75.8 Å². The summed E-state index contributed by atoms with van der Waals surface area (Å²) in [5, 5.41) is 14.9. The Labute approximate surface area is 317 Å². The van der Waals surface area contributed by atoms with Gasteiger partial charge in [-0.15, -0.1) is 0 Å². The molecule has 0 unspecified atom stereocenters. The minimum Gasteiger partial charge on any atom is -0.456 e. The van der Waals surface area contributed by atoms with Gasteiger partial charge in [0.15, 0.2) is 0 Å². The third kappa shape index (κ3) is 4.35. The van der Waals surface area contributed by atoms with Crippen LogP contribution in [0.3, 0.4) is 0 Å². The molecule has 12 aromatic rings. The molecule has 0 saturated heterocycles. The number of hydrogen-bond donors (Lipinski definition) is 0. The van der Waals surface area contributed by atoms with Crippen molar-refractivity contribution in [3.8, 4) is 44.5 Å². The number of furan rings is 1. The van der Waals surface area contributed by atoms with Crippen LogP contribution in [-0.2, 0) is 0 Å². The fourth-order valence-corrected chi connectivity index (χ4v) is 9.54. The van der Waals surface area contributed by atoms with Gasteiger partial charge >= 0.3 is 0 Å². The van der Waals surface area contributed by atoms with E-state index in [9.17, 15) is 0 Å². The zero-order chi connectivity index (χ0) is 36.0. The minimum atomic E-state index is 0.907. The van der Waals surface area contributed by atoms with Crippen LogP contribution in [0.2, 0.25) is 0 Å². The van der Waals surface area contributed by atoms with E-state index in [2.05, 4.69) is 188 Å². The molecule has 0 fully saturated rings. The molecule has 11 aromatic carbocycles. The first kappa shape index (κ1) is 30.3. The first-order valence-corrected chi connectivity index (χ1v) is 19.0. The monoisotopic (exact) mass is 696 g/mol. The fraction of sp³-hybridized carbons (Fsp3) is 0. The minimum absolute atomic E-state index is 0.907. The standard InChI is InChI=1S/C54H32O/c1-3-14-33(15-4-1)50-43-29-26-35-18-13-19-36-27-30-44(53(43)48(35)36)51(34-16-5-2-6-17-34)54(50)52-41-23-9-7-21-39(41)49(40-22-8-10-24-42(40)52)37-28-31-47-45(32-37)38-20-11-12-25-46(38)55-47/h1-32H. The number of fused-ring (bicyclic) bond motifs is 5. The predicted molar refractivity (Wildman–Crippen MR) is 234 cm³/mol. The van der Waals surface area contributed by atoms with E-state index in [4.69, 9.17) is 4.42 Å². The fourth-order valence-electron chi connectivity index (χ4n) is 9.54. The molecule has 0 aliphatic heterocycles. The molecule has 0 aliphatic carbocycles. The zero-order valence-corrected chi connectivity index (χ0v) is 29.9. The molecule has 0 bridgehead atoms. The molecule has 0 spiro atoms. The molecule has 0 aliphatic rings. The van der Waals surface area contributed by atoms with Gasteiger partial charge in [0.05, 0.1) is 0 Å². The summed E-state index contributed by atoms with van der Waals surface area (Å²) in [5.74, 6) is 0. The lowest BCUT2D eigenvalue weighted by molar-refractivity contribution is 0.669. The molecule has 254 valence electrons. The summed E-state index contributed by atoms with van der Waals surface area (Å²) in [7, 11) is 0. The van der Waals surface area contributed by atoms with Crippen molar-refractivity contribution in [2.75, 3.05) is 0 Å². The Hall–Kier alpha value is -7.22. The normalized spacial score (nSPS) is 12.0. The Morgan fingerprint density at radius 1 is 0.236 bits per heavy atom. The molecule has 1 heterocycles. The van der Waals surface area contributed by atoms with Crippen molar-refractivity contribution in [3.63, 3.8) is 0 Å². The van der Waals surface area contributed by atoms with Crippen LogP contribution in [0, 0.1) is 0 Å². The number of benzene rings is 11. The van der Waals surface area contributed by atoms with E-state index < -0.39 is 0 Å². The molecule has 0 amide bonds. The largest absolute Gasteiger partial charge is 0.456 e. The average molecular weight is 697 g/mol. The van der Waals surface area contributed by atoms with Crippen LogP contribution in [0.15, 0.2) is 199 Å². The SMILES string of the molecule is c1ccc(-c2c(-c3c4ccccc4c(-c4ccc5oc6ccccc6c5c4)c4ccccc34)c(-c3ccccc3)c3ccc4cccc5ccc2c3c54)cc1. The smallest absolute Gasteiger partial charge is 0.135 e. The van der Waals surface area contributed by atoms with Crippen molar-refractivity contribution in [1.82, 2.24) is 0 Å². The van der Waals surface area contributed by atoms with Gasteiger partial charge in [-0.05, 0) is 117 Å². The zero-order valence-electron chi connectivity index (χ0n) is 29.9. The van der Waals surface area contributed by atoms with Gasteiger partial charge < -0.3 is 4.42 Å². The lowest BCUT2D eigenvalue weighted by Crippen LogP contribution is -1.98. The van der Waals surface area contributed by atoms with Crippen molar-refractivity contribution in [2.45, 2.75) is 0 Å². The summed E-state index contributed by atoms with van der Waals surface area (Å²) in [6.45, 7) is 0. The molecule has 12 rings (SSSR count). The molecule has 0 saturated carbocycles. The molecule has 55 heavy (non-hydrogen) atoms. The Morgan fingerprint density at radius 2 is 0.727 bits per heavy atom. The molecule has 1 aromatic heterocycles. The van der Waals surface area contributed by atoms with Crippen molar-refractivity contribution in [1.29, 1.82) is 0 Å². The summed E-state index contributed by atoms with van der Waals surface area (Å²) < 4.78 is 6.29. The van der Waals surface area contributed by atoms with Gasteiger partial charge in [-0.3, -0.25) is 0 Å². The molecule has 0 radical (unpaired) electrons. The maximum Gasteiger partial charge on any atom is 0.135 e. The number of hydrogen-bond acceptors (Lipinski definition) is 1. The van der Waals surface area contributed by atoms with E-state index in [0.717, 1.165) is 21.9 Å². The third-order valence-corrected chi connectivity index (χ3v) is 11.8. The van der Waals surface area contributed by atoms with Crippen molar-refractivity contribution in [3.05, 3.63) is 194 Å². The van der Waals surface area contributed by atoms with Crippen LogP contribution in [0.4, 0.5) is 0 Å². The maximum atomic E-state index is 6.29. The number of para-hydroxylation sites is 1. The van der Waals surface area contributed by atoms with Gasteiger partial charge in [0, 0.05) is 10.8 Å². The Morgan fingerprint density at radius 3 is 1.31 bits per heavy atom. The average Bonchev–Trinajstić information content (AvgIpc) is 3.63. The second-order valence-electron chi connectivity index (χ2n) is 14.7. The first-order valence-electron chi connectivity index (χ1n) is 19.0. The van der Waals surface area contributed by atoms with E-state index in [1.165, 1.54) is 98.4 Å². The highest BCUT2D eigenvalue weighted by Gasteiger charge is 2.27. The van der Waals surface area contributed by atoms with E-state index in [1.54, 1.807) is 0 Å². The topological polar surface area (TPSA) is 13.1 Å². The van der Waals surface area contributed by atoms with Crippen LogP contribution in [-0.4, -0.2) is 0 Å².